The van der Waals surface area contributed by atoms with Gasteiger partial charge in [-0.3, -0.25) is 0 Å². The third-order valence-corrected chi connectivity index (χ3v) is 2.82. The zero-order valence-electron chi connectivity index (χ0n) is 8.40. The molecule has 1 aromatic rings. The predicted octanol–water partition coefficient (Wildman–Crippen LogP) is 1.99. The summed E-state index contributed by atoms with van der Waals surface area (Å²) in [4.78, 5) is 10.9. The minimum absolute atomic E-state index is 0.151. The van der Waals surface area contributed by atoms with Crippen molar-refractivity contribution >= 4 is 27.7 Å². The van der Waals surface area contributed by atoms with Gasteiger partial charge in [0.15, 0.2) is 0 Å². The van der Waals surface area contributed by atoms with Crippen LogP contribution in [-0.4, -0.2) is 23.0 Å². The van der Waals surface area contributed by atoms with E-state index >= 15 is 0 Å². The number of hydrogen-bond acceptors (Lipinski definition) is 4. The number of cyclic esters (lactones) is 1. The van der Waals surface area contributed by atoms with Gasteiger partial charge in [-0.2, -0.15) is 5.10 Å². The average molecular weight is 285 g/mol. The summed E-state index contributed by atoms with van der Waals surface area (Å²) >= 11 is 3.21. The molecular weight excluding hydrogens is 276 g/mol. The molecule has 84 valence electrons. The number of nitrogens with one attached hydrogen (secondary N) is 1. The van der Waals surface area contributed by atoms with Crippen molar-refractivity contribution in [2.45, 2.75) is 13.0 Å². The van der Waals surface area contributed by atoms with Crippen molar-refractivity contribution in [2.75, 3.05) is 0 Å². The van der Waals surface area contributed by atoms with Crippen molar-refractivity contribution in [1.29, 1.82) is 0 Å². The third-order valence-electron chi connectivity index (χ3n) is 2.18. The Morgan fingerprint density at radius 1 is 1.56 bits per heavy atom. The Labute approximate surface area is 100 Å². The number of rotatable bonds is 1. The van der Waals surface area contributed by atoms with E-state index in [0.29, 0.717) is 10.2 Å². The highest BCUT2D eigenvalue weighted by molar-refractivity contribution is 9.10. The van der Waals surface area contributed by atoms with Crippen LogP contribution in [0.2, 0.25) is 0 Å². The summed E-state index contributed by atoms with van der Waals surface area (Å²) in [6.07, 6.45) is -0.973. The fourth-order valence-electron chi connectivity index (χ4n) is 1.40. The molecule has 2 N–H and O–H groups in total. The first kappa shape index (κ1) is 10.9. The van der Waals surface area contributed by atoms with Gasteiger partial charge < -0.3 is 9.84 Å². The largest absolute Gasteiger partial charge is 0.507 e. The van der Waals surface area contributed by atoms with E-state index in [4.69, 9.17) is 4.74 Å². The van der Waals surface area contributed by atoms with Gasteiger partial charge in [0.25, 0.3) is 0 Å². The Kier molecular flexibility index (Phi) is 2.82. The zero-order valence-corrected chi connectivity index (χ0v) is 9.98. The molecule has 0 saturated carbocycles. The van der Waals surface area contributed by atoms with Crippen LogP contribution in [0, 0.1) is 0 Å². The molecule has 0 bridgehead atoms. The highest BCUT2D eigenvalue weighted by Crippen LogP contribution is 2.25. The second-order valence-corrected chi connectivity index (χ2v) is 4.18. The number of amides is 1. The number of phenols is 1. The lowest BCUT2D eigenvalue weighted by atomic mass is 10.1. The van der Waals surface area contributed by atoms with Crippen LogP contribution >= 0.6 is 15.9 Å². The molecule has 0 spiro atoms. The van der Waals surface area contributed by atoms with Gasteiger partial charge in [0.1, 0.15) is 17.6 Å². The standard InChI is InChI=1S/C10H9BrN2O3/c1-5-9(12-13-10(15)16-5)6-2-3-8(14)7(11)4-6/h2-5,14H,1H3,(H,13,15)/t5-/m0/s1. The molecule has 1 aromatic carbocycles. The Balaban J connectivity index is 2.37. The molecule has 0 aliphatic carbocycles. The molecule has 1 heterocycles. The Hall–Kier alpha value is -1.56. The van der Waals surface area contributed by atoms with E-state index < -0.39 is 12.2 Å². The summed E-state index contributed by atoms with van der Waals surface area (Å²) in [6.45, 7) is 1.73. The Morgan fingerprint density at radius 3 is 2.94 bits per heavy atom. The summed E-state index contributed by atoms with van der Waals surface area (Å²) in [5.74, 6) is 0.151. The maximum Gasteiger partial charge on any atom is 0.428 e. The first-order valence-corrected chi connectivity index (χ1v) is 5.40. The number of phenolic OH excluding ortho intramolecular Hbond substituents is 1. The van der Waals surface area contributed by atoms with Crippen LogP contribution in [-0.2, 0) is 4.74 Å². The molecule has 0 fully saturated rings. The quantitative estimate of drug-likeness (QED) is 0.829. The molecule has 6 heteroatoms. The fourth-order valence-corrected chi connectivity index (χ4v) is 1.78. The van der Waals surface area contributed by atoms with Crippen molar-refractivity contribution in [1.82, 2.24) is 5.43 Å². The van der Waals surface area contributed by atoms with Crippen molar-refractivity contribution < 1.29 is 14.6 Å². The number of hydrogen-bond donors (Lipinski definition) is 2. The highest BCUT2D eigenvalue weighted by atomic mass is 79.9. The van der Waals surface area contributed by atoms with Crippen LogP contribution in [0.5, 0.6) is 5.75 Å². The normalized spacial score (nSPS) is 19.8. The number of carbonyl (C=O) groups is 1. The molecule has 2 rings (SSSR count). The second kappa shape index (κ2) is 4.13. The van der Waals surface area contributed by atoms with E-state index in [-0.39, 0.29) is 5.75 Å². The molecule has 0 unspecified atom stereocenters. The zero-order chi connectivity index (χ0) is 11.7. The molecule has 5 nitrogen and oxygen atoms in total. The first-order valence-electron chi connectivity index (χ1n) is 4.61. The number of halogens is 1. The molecule has 1 atom stereocenters. The van der Waals surface area contributed by atoms with Gasteiger partial charge in [-0.25, -0.2) is 10.2 Å². The molecule has 0 saturated heterocycles. The van der Waals surface area contributed by atoms with Gasteiger partial charge in [-0.1, -0.05) is 0 Å². The van der Waals surface area contributed by atoms with Gasteiger partial charge >= 0.3 is 6.09 Å². The van der Waals surface area contributed by atoms with Crippen LogP contribution < -0.4 is 5.43 Å². The minimum atomic E-state index is -0.561. The van der Waals surface area contributed by atoms with Crippen LogP contribution in [0.1, 0.15) is 12.5 Å². The number of benzene rings is 1. The highest BCUT2D eigenvalue weighted by Gasteiger charge is 2.22. The number of nitrogens with zero attached hydrogens (tertiary/aromatic N) is 1. The minimum Gasteiger partial charge on any atom is -0.507 e. The van der Waals surface area contributed by atoms with Gasteiger partial charge in [0.2, 0.25) is 0 Å². The lowest BCUT2D eigenvalue weighted by molar-refractivity contribution is 0.127. The monoisotopic (exact) mass is 284 g/mol. The first-order chi connectivity index (χ1) is 7.58. The lowest BCUT2D eigenvalue weighted by Crippen LogP contribution is -2.37. The van der Waals surface area contributed by atoms with E-state index in [0.717, 1.165) is 5.56 Å². The molecular formula is C10H9BrN2O3. The van der Waals surface area contributed by atoms with Crippen LogP contribution in [0.25, 0.3) is 0 Å². The van der Waals surface area contributed by atoms with Crippen molar-refractivity contribution in [3.63, 3.8) is 0 Å². The smallest absolute Gasteiger partial charge is 0.428 e. The number of ether oxygens (including phenoxy) is 1. The maximum atomic E-state index is 10.9. The molecule has 0 aromatic heterocycles. The number of hydrazone groups is 1. The molecule has 1 aliphatic heterocycles. The number of carbonyl (C=O) groups excluding carboxylic acids is 1. The number of aromatic hydroxyl groups is 1. The maximum absolute atomic E-state index is 10.9. The van der Waals surface area contributed by atoms with Crippen LogP contribution in [0.15, 0.2) is 27.8 Å². The van der Waals surface area contributed by atoms with Crippen LogP contribution in [0.4, 0.5) is 4.79 Å². The summed E-state index contributed by atoms with van der Waals surface area (Å²) in [5, 5.41) is 13.3. The summed E-state index contributed by atoms with van der Waals surface area (Å²) in [5.41, 5.74) is 3.63. The van der Waals surface area contributed by atoms with Gasteiger partial charge in [0.05, 0.1) is 4.47 Å². The lowest BCUT2D eigenvalue weighted by Gasteiger charge is -2.20. The summed E-state index contributed by atoms with van der Waals surface area (Å²) < 4.78 is 5.53. The van der Waals surface area contributed by atoms with Gasteiger partial charge in [0, 0.05) is 5.56 Å². The molecule has 1 aliphatic rings. The Bertz CT molecular complexity index is 473. The van der Waals surface area contributed by atoms with Crippen LogP contribution in [0.3, 0.4) is 0 Å². The van der Waals surface area contributed by atoms with E-state index in [2.05, 4.69) is 26.5 Å². The van der Waals surface area contributed by atoms with Gasteiger partial charge in [-0.15, -0.1) is 0 Å². The third kappa shape index (κ3) is 2.01. The van der Waals surface area contributed by atoms with Gasteiger partial charge in [-0.05, 0) is 41.1 Å². The topological polar surface area (TPSA) is 70.9 Å². The molecule has 1 amide bonds. The Morgan fingerprint density at radius 2 is 2.31 bits per heavy atom. The predicted molar refractivity (Wildman–Crippen MR) is 61.4 cm³/mol. The van der Waals surface area contributed by atoms with E-state index in [1.54, 1.807) is 25.1 Å². The second-order valence-electron chi connectivity index (χ2n) is 3.32. The van der Waals surface area contributed by atoms with Crippen molar-refractivity contribution in [2.24, 2.45) is 5.10 Å². The SMILES string of the molecule is C[C@@H]1OC(=O)NN=C1c1ccc(O)c(Br)c1. The summed E-state index contributed by atoms with van der Waals surface area (Å²) in [7, 11) is 0. The van der Waals surface area contributed by atoms with Crippen molar-refractivity contribution in [3.05, 3.63) is 28.2 Å². The van der Waals surface area contributed by atoms with E-state index in [9.17, 15) is 9.90 Å². The fraction of sp³-hybridized carbons (Fsp3) is 0.200. The average Bonchev–Trinajstić information content (AvgIpc) is 2.22. The summed E-state index contributed by atoms with van der Waals surface area (Å²) in [6, 6.07) is 4.97. The molecule has 0 radical (unpaired) electrons. The van der Waals surface area contributed by atoms with E-state index in [1.807, 2.05) is 0 Å². The van der Waals surface area contributed by atoms with E-state index in [1.165, 1.54) is 0 Å². The van der Waals surface area contributed by atoms with Crippen molar-refractivity contribution in [3.8, 4) is 5.75 Å². The molecule has 16 heavy (non-hydrogen) atoms.